The Hall–Kier alpha value is -2.17. The zero-order valence-corrected chi connectivity index (χ0v) is 17.2. The Labute approximate surface area is 157 Å². The number of rotatable bonds is 7. The number of amides is 2. The molecular weight excluding hydrogens is 328 g/mol. The zero-order chi connectivity index (χ0) is 20.2. The molecule has 0 atom stereocenters. The third-order valence-electron chi connectivity index (χ3n) is 4.36. The lowest BCUT2D eigenvalue weighted by molar-refractivity contribution is 0.0599. The van der Waals surface area contributed by atoms with E-state index in [-0.39, 0.29) is 52.7 Å². The van der Waals surface area contributed by atoms with Crippen molar-refractivity contribution in [2.24, 2.45) is 0 Å². The lowest BCUT2D eigenvalue weighted by Gasteiger charge is -2.34. The molecule has 5 nitrogen and oxygen atoms in total. The van der Waals surface area contributed by atoms with Gasteiger partial charge in [0.2, 0.25) is 0 Å². The fraction of sp³-hybridized carbons (Fsp3) is 0.571. The topological polar surface area (TPSA) is 57.7 Å². The van der Waals surface area contributed by atoms with Crippen LogP contribution in [-0.2, 0) is 0 Å². The van der Waals surface area contributed by atoms with Gasteiger partial charge in [-0.05, 0) is 61.5 Å². The summed E-state index contributed by atoms with van der Waals surface area (Å²) < 4.78 is 0. The summed E-state index contributed by atoms with van der Waals surface area (Å²) in [4.78, 5) is 41.6. The minimum Gasteiger partial charge on any atom is -0.334 e. The van der Waals surface area contributed by atoms with Gasteiger partial charge in [0.05, 0.1) is 11.1 Å². The van der Waals surface area contributed by atoms with Crippen molar-refractivity contribution in [1.82, 2.24) is 9.80 Å². The molecule has 26 heavy (non-hydrogen) atoms. The predicted octanol–water partition coefficient (Wildman–Crippen LogP) is 4.02. The van der Waals surface area contributed by atoms with Crippen molar-refractivity contribution >= 4 is 18.1 Å². The van der Waals surface area contributed by atoms with Crippen molar-refractivity contribution in [2.75, 3.05) is 0 Å². The molecule has 0 aliphatic rings. The van der Waals surface area contributed by atoms with E-state index in [9.17, 15) is 14.4 Å². The van der Waals surface area contributed by atoms with Crippen molar-refractivity contribution in [3.05, 3.63) is 34.9 Å². The highest BCUT2D eigenvalue weighted by molar-refractivity contribution is 6.11. The first-order valence-electron chi connectivity index (χ1n) is 9.28. The standard InChI is InChI=1S/C21H32N2O3/c1-13(2)22(14(3)4)20(25)18-11-9-10-17(12-24)19(18)21(26)23(15(5)6)16(7)8/h9-16H,1-8H3. The van der Waals surface area contributed by atoms with Crippen molar-refractivity contribution in [3.63, 3.8) is 0 Å². The van der Waals surface area contributed by atoms with Gasteiger partial charge in [0.15, 0.2) is 6.29 Å². The molecule has 0 aliphatic heterocycles. The smallest absolute Gasteiger partial charge is 0.255 e. The van der Waals surface area contributed by atoms with E-state index in [0.717, 1.165) is 0 Å². The molecule has 1 rings (SSSR count). The molecule has 2 amide bonds. The van der Waals surface area contributed by atoms with Gasteiger partial charge in [0.25, 0.3) is 11.8 Å². The molecule has 0 radical (unpaired) electrons. The first kappa shape index (κ1) is 21.9. The van der Waals surface area contributed by atoms with Crippen LogP contribution in [0.5, 0.6) is 0 Å². The zero-order valence-electron chi connectivity index (χ0n) is 17.2. The fourth-order valence-electron chi connectivity index (χ4n) is 3.48. The van der Waals surface area contributed by atoms with Gasteiger partial charge < -0.3 is 9.80 Å². The third kappa shape index (κ3) is 4.51. The molecule has 0 spiro atoms. The second kappa shape index (κ2) is 8.97. The Morgan fingerprint density at radius 2 is 1.19 bits per heavy atom. The number of carbonyl (C=O) groups excluding carboxylic acids is 3. The maximum atomic E-state index is 13.3. The second-order valence-corrected chi connectivity index (χ2v) is 7.69. The van der Waals surface area contributed by atoms with Crippen LogP contribution in [0.3, 0.4) is 0 Å². The molecule has 0 saturated carbocycles. The highest BCUT2D eigenvalue weighted by Crippen LogP contribution is 2.22. The Bertz CT molecular complexity index is 647. The Kier molecular flexibility index (Phi) is 7.54. The fourth-order valence-corrected chi connectivity index (χ4v) is 3.48. The third-order valence-corrected chi connectivity index (χ3v) is 4.36. The summed E-state index contributed by atoms with van der Waals surface area (Å²) in [6, 6.07) is 4.76. The molecule has 0 N–H and O–H groups in total. The van der Waals surface area contributed by atoms with E-state index in [1.165, 1.54) is 0 Å². The minimum atomic E-state index is -0.284. The number of benzene rings is 1. The van der Waals surface area contributed by atoms with Crippen LogP contribution in [0.1, 0.15) is 86.5 Å². The van der Waals surface area contributed by atoms with Crippen molar-refractivity contribution in [3.8, 4) is 0 Å². The van der Waals surface area contributed by atoms with Crippen LogP contribution in [0.25, 0.3) is 0 Å². The highest BCUT2D eigenvalue weighted by atomic mass is 16.2. The number of hydrogen-bond donors (Lipinski definition) is 0. The maximum Gasteiger partial charge on any atom is 0.255 e. The number of carbonyl (C=O) groups is 3. The monoisotopic (exact) mass is 360 g/mol. The minimum absolute atomic E-state index is 0.0170. The van der Waals surface area contributed by atoms with E-state index in [0.29, 0.717) is 6.29 Å². The van der Waals surface area contributed by atoms with Crippen LogP contribution in [-0.4, -0.2) is 52.1 Å². The van der Waals surface area contributed by atoms with Crippen LogP contribution < -0.4 is 0 Å². The van der Waals surface area contributed by atoms with Gasteiger partial charge in [0.1, 0.15) is 0 Å². The molecule has 0 saturated heterocycles. The van der Waals surface area contributed by atoms with Crippen LogP contribution in [0.15, 0.2) is 18.2 Å². The molecule has 0 aromatic heterocycles. The van der Waals surface area contributed by atoms with E-state index >= 15 is 0 Å². The van der Waals surface area contributed by atoms with Gasteiger partial charge in [-0.15, -0.1) is 0 Å². The molecule has 1 aromatic carbocycles. The Balaban J connectivity index is 3.60. The molecule has 0 fully saturated rings. The van der Waals surface area contributed by atoms with Gasteiger partial charge in [-0.1, -0.05) is 12.1 Å². The van der Waals surface area contributed by atoms with Gasteiger partial charge in [0, 0.05) is 29.7 Å². The second-order valence-electron chi connectivity index (χ2n) is 7.69. The van der Waals surface area contributed by atoms with Gasteiger partial charge in [-0.3, -0.25) is 14.4 Å². The summed E-state index contributed by atoms with van der Waals surface area (Å²) >= 11 is 0. The molecule has 144 valence electrons. The Morgan fingerprint density at radius 1 is 0.769 bits per heavy atom. The van der Waals surface area contributed by atoms with Crippen molar-refractivity contribution in [1.29, 1.82) is 0 Å². The van der Waals surface area contributed by atoms with Gasteiger partial charge in [-0.25, -0.2) is 0 Å². The van der Waals surface area contributed by atoms with E-state index < -0.39 is 0 Å². The first-order valence-corrected chi connectivity index (χ1v) is 9.28. The highest BCUT2D eigenvalue weighted by Gasteiger charge is 2.31. The van der Waals surface area contributed by atoms with E-state index in [1.54, 1.807) is 28.0 Å². The van der Waals surface area contributed by atoms with Gasteiger partial charge >= 0.3 is 0 Å². The first-order chi connectivity index (χ1) is 12.0. The normalized spacial score (nSPS) is 11.4. The summed E-state index contributed by atoms with van der Waals surface area (Å²) in [7, 11) is 0. The average molecular weight is 360 g/mol. The SMILES string of the molecule is CC(C)N(C(=O)c1cccc(C=O)c1C(=O)N(C(C)C)C(C)C)C(C)C. The largest absolute Gasteiger partial charge is 0.334 e. The average Bonchev–Trinajstić information content (AvgIpc) is 2.52. The predicted molar refractivity (Wildman–Crippen MR) is 105 cm³/mol. The summed E-state index contributed by atoms with van der Waals surface area (Å²) in [6.07, 6.45) is 0.651. The quantitative estimate of drug-likeness (QED) is 0.690. The summed E-state index contributed by atoms with van der Waals surface area (Å²) in [5, 5.41) is 0. The lowest BCUT2D eigenvalue weighted by Crippen LogP contribution is -2.45. The molecule has 1 aromatic rings. The van der Waals surface area contributed by atoms with E-state index in [2.05, 4.69) is 0 Å². The summed E-state index contributed by atoms with van der Waals surface area (Å²) in [6.45, 7) is 15.5. The molecule has 0 bridgehead atoms. The van der Waals surface area contributed by atoms with Gasteiger partial charge in [-0.2, -0.15) is 0 Å². The van der Waals surface area contributed by atoms with Crippen molar-refractivity contribution in [2.45, 2.75) is 79.6 Å². The number of nitrogens with zero attached hydrogens (tertiary/aromatic N) is 2. The van der Waals surface area contributed by atoms with Crippen LogP contribution in [0.4, 0.5) is 0 Å². The molecular formula is C21H32N2O3. The summed E-state index contributed by atoms with van der Waals surface area (Å²) in [5.41, 5.74) is 0.731. The van der Waals surface area contributed by atoms with E-state index in [4.69, 9.17) is 0 Å². The van der Waals surface area contributed by atoms with Crippen LogP contribution in [0, 0.1) is 0 Å². The number of aldehydes is 1. The van der Waals surface area contributed by atoms with E-state index in [1.807, 2.05) is 55.4 Å². The number of hydrogen-bond acceptors (Lipinski definition) is 3. The summed E-state index contributed by atoms with van der Waals surface area (Å²) in [5.74, 6) is -0.511. The molecule has 0 unspecified atom stereocenters. The molecule has 5 heteroatoms. The van der Waals surface area contributed by atoms with Crippen LogP contribution >= 0.6 is 0 Å². The van der Waals surface area contributed by atoms with Crippen molar-refractivity contribution < 1.29 is 14.4 Å². The molecule has 0 heterocycles. The van der Waals surface area contributed by atoms with Crippen LogP contribution in [0.2, 0.25) is 0 Å². The Morgan fingerprint density at radius 3 is 1.58 bits per heavy atom. The molecule has 0 aliphatic carbocycles. The maximum absolute atomic E-state index is 13.3. The lowest BCUT2D eigenvalue weighted by atomic mass is 9.97.